The van der Waals surface area contributed by atoms with E-state index in [0.29, 0.717) is 11.4 Å². The molecule has 0 heterocycles. The Morgan fingerprint density at radius 3 is 2.12 bits per heavy atom. The summed E-state index contributed by atoms with van der Waals surface area (Å²) >= 11 is 25.9. The SMILES string of the molecule is O=C(Nc1ccc(F)cc1)c1cc(NC(=O)[C@H]2[C@H](c3cc(Br)cc(Br)c3)C2(Cl)Cl)ccc1Cl. The van der Waals surface area contributed by atoms with Gasteiger partial charge in [0, 0.05) is 26.2 Å². The lowest BCUT2D eigenvalue weighted by molar-refractivity contribution is -0.117. The number of carbonyl (C=O) groups is 2. The van der Waals surface area contributed by atoms with Gasteiger partial charge >= 0.3 is 0 Å². The van der Waals surface area contributed by atoms with Gasteiger partial charge in [-0.25, -0.2) is 4.39 Å². The van der Waals surface area contributed by atoms with Crippen molar-refractivity contribution >= 4 is 89.9 Å². The van der Waals surface area contributed by atoms with Crippen molar-refractivity contribution in [1.29, 1.82) is 0 Å². The summed E-state index contributed by atoms with van der Waals surface area (Å²) in [4.78, 5) is 25.6. The number of hydrogen-bond acceptors (Lipinski definition) is 2. The van der Waals surface area contributed by atoms with Gasteiger partial charge in [0.05, 0.1) is 16.5 Å². The summed E-state index contributed by atoms with van der Waals surface area (Å²) in [6.07, 6.45) is 0. The van der Waals surface area contributed by atoms with Crippen molar-refractivity contribution in [3.05, 3.63) is 91.6 Å². The van der Waals surface area contributed by atoms with E-state index >= 15 is 0 Å². The predicted octanol–water partition coefficient (Wildman–Crippen LogP) is 7.78. The highest BCUT2D eigenvalue weighted by molar-refractivity contribution is 9.11. The Morgan fingerprint density at radius 1 is 0.879 bits per heavy atom. The van der Waals surface area contributed by atoms with Crippen LogP contribution in [0.4, 0.5) is 15.8 Å². The average molecular weight is 636 g/mol. The Kier molecular flexibility index (Phi) is 7.08. The Bertz CT molecular complexity index is 1230. The van der Waals surface area contributed by atoms with Gasteiger partial charge in [-0.05, 0) is 66.2 Å². The van der Waals surface area contributed by atoms with Gasteiger partial charge in [-0.3, -0.25) is 9.59 Å². The number of amides is 2. The van der Waals surface area contributed by atoms with Crippen LogP contribution in [0.15, 0.2) is 69.6 Å². The topological polar surface area (TPSA) is 58.2 Å². The molecule has 2 atom stereocenters. The van der Waals surface area contributed by atoms with Crippen molar-refractivity contribution in [2.75, 3.05) is 10.6 Å². The number of nitrogens with one attached hydrogen (secondary N) is 2. The van der Waals surface area contributed by atoms with E-state index in [2.05, 4.69) is 42.5 Å². The minimum absolute atomic E-state index is 0.144. The lowest BCUT2D eigenvalue weighted by atomic mass is 10.1. The van der Waals surface area contributed by atoms with E-state index in [1.807, 2.05) is 18.2 Å². The fourth-order valence-electron chi connectivity index (χ4n) is 3.55. The molecule has 0 aliphatic heterocycles. The van der Waals surface area contributed by atoms with Crippen molar-refractivity contribution < 1.29 is 14.0 Å². The second-order valence-corrected chi connectivity index (χ2v) is 11.2. The minimum atomic E-state index is -1.26. The molecule has 10 heteroatoms. The molecule has 33 heavy (non-hydrogen) atoms. The molecule has 1 fully saturated rings. The van der Waals surface area contributed by atoms with Crippen LogP contribution in [-0.2, 0) is 4.79 Å². The summed E-state index contributed by atoms with van der Waals surface area (Å²) in [6.45, 7) is 0. The maximum atomic E-state index is 13.1. The molecule has 1 saturated carbocycles. The first-order valence-electron chi connectivity index (χ1n) is 9.57. The average Bonchev–Trinajstić information content (AvgIpc) is 3.32. The largest absolute Gasteiger partial charge is 0.326 e. The van der Waals surface area contributed by atoms with Gasteiger partial charge in [0.1, 0.15) is 10.2 Å². The third-order valence-electron chi connectivity index (χ3n) is 5.16. The number of anilines is 2. The standard InChI is InChI=1S/C23H14Br2Cl3FN2O2/c24-12-7-11(8-13(25)9-12)19-20(23(19,27)28)22(33)31-16-5-6-18(26)17(10-16)21(32)30-15-3-1-14(29)2-4-15/h1-10,19-20H,(H,30,32)(H,31,33)/t19-,20+/m0/s1. The van der Waals surface area contributed by atoms with Crippen LogP contribution in [0.2, 0.25) is 5.02 Å². The maximum Gasteiger partial charge on any atom is 0.257 e. The molecule has 0 bridgehead atoms. The van der Waals surface area contributed by atoms with E-state index in [1.165, 1.54) is 36.4 Å². The number of hydrogen-bond donors (Lipinski definition) is 2. The second-order valence-electron chi connectivity index (χ2n) is 7.48. The first kappa shape index (κ1) is 24.5. The summed E-state index contributed by atoms with van der Waals surface area (Å²) in [5, 5.41) is 5.60. The zero-order chi connectivity index (χ0) is 23.9. The van der Waals surface area contributed by atoms with Gasteiger partial charge in [0.25, 0.3) is 5.91 Å². The van der Waals surface area contributed by atoms with Crippen LogP contribution >= 0.6 is 66.7 Å². The minimum Gasteiger partial charge on any atom is -0.326 e. The van der Waals surface area contributed by atoms with Crippen LogP contribution in [-0.4, -0.2) is 16.1 Å². The molecule has 0 spiro atoms. The maximum absolute atomic E-state index is 13.1. The van der Waals surface area contributed by atoms with E-state index in [4.69, 9.17) is 34.8 Å². The summed E-state index contributed by atoms with van der Waals surface area (Å²) in [7, 11) is 0. The fraction of sp³-hybridized carbons (Fsp3) is 0.130. The van der Waals surface area contributed by atoms with Crippen LogP contribution in [0, 0.1) is 11.7 Å². The van der Waals surface area contributed by atoms with Crippen molar-refractivity contribution in [1.82, 2.24) is 0 Å². The van der Waals surface area contributed by atoms with Crippen LogP contribution < -0.4 is 10.6 Å². The van der Waals surface area contributed by atoms with Gasteiger partial charge < -0.3 is 10.6 Å². The molecule has 3 aromatic rings. The lowest BCUT2D eigenvalue weighted by Gasteiger charge is -2.10. The van der Waals surface area contributed by atoms with Crippen molar-refractivity contribution in [2.24, 2.45) is 5.92 Å². The van der Waals surface area contributed by atoms with Gasteiger partial charge in [-0.1, -0.05) is 43.5 Å². The molecule has 0 radical (unpaired) electrons. The van der Waals surface area contributed by atoms with Gasteiger partial charge in [0.15, 0.2) is 0 Å². The van der Waals surface area contributed by atoms with E-state index in [9.17, 15) is 14.0 Å². The molecule has 2 amide bonds. The third kappa shape index (κ3) is 5.38. The first-order valence-corrected chi connectivity index (χ1v) is 12.3. The Labute approximate surface area is 221 Å². The van der Waals surface area contributed by atoms with Gasteiger partial charge in [-0.2, -0.15) is 0 Å². The van der Waals surface area contributed by atoms with Crippen molar-refractivity contribution in [3.63, 3.8) is 0 Å². The van der Waals surface area contributed by atoms with Crippen LogP contribution in [0.3, 0.4) is 0 Å². The zero-order valence-electron chi connectivity index (χ0n) is 16.5. The second kappa shape index (κ2) is 9.55. The molecule has 3 aromatic carbocycles. The van der Waals surface area contributed by atoms with Crippen LogP contribution in [0.25, 0.3) is 0 Å². The molecule has 0 unspecified atom stereocenters. The molecule has 170 valence electrons. The molecule has 4 nitrogen and oxygen atoms in total. The highest BCUT2D eigenvalue weighted by Crippen LogP contribution is 2.65. The number of rotatable bonds is 5. The first-order chi connectivity index (χ1) is 15.6. The van der Waals surface area contributed by atoms with Crippen LogP contribution in [0.1, 0.15) is 21.8 Å². The molecular formula is C23H14Br2Cl3FN2O2. The molecule has 1 aliphatic carbocycles. The Morgan fingerprint density at radius 2 is 1.48 bits per heavy atom. The highest BCUT2D eigenvalue weighted by atomic mass is 79.9. The summed E-state index contributed by atoms with van der Waals surface area (Å²) in [5.41, 5.74) is 1.72. The Balaban J connectivity index is 1.50. The predicted molar refractivity (Wildman–Crippen MR) is 137 cm³/mol. The smallest absolute Gasteiger partial charge is 0.257 e. The molecule has 0 aromatic heterocycles. The highest BCUT2D eigenvalue weighted by Gasteiger charge is 2.67. The van der Waals surface area contributed by atoms with Gasteiger partial charge in [-0.15, -0.1) is 23.2 Å². The summed E-state index contributed by atoms with van der Waals surface area (Å²) < 4.78 is 13.5. The van der Waals surface area contributed by atoms with Crippen LogP contribution in [0.5, 0.6) is 0 Å². The molecule has 0 saturated heterocycles. The van der Waals surface area contributed by atoms with E-state index in [1.54, 1.807) is 6.07 Å². The van der Waals surface area contributed by atoms with Crippen molar-refractivity contribution in [2.45, 2.75) is 10.3 Å². The molecular weight excluding hydrogens is 621 g/mol. The van der Waals surface area contributed by atoms with E-state index in [0.717, 1.165) is 14.5 Å². The fourth-order valence-corrected chi connectivity index (χ4v) is 5.91. The van der Waals surface area contributed by atoms with E-state index in [-0.39, 0.29) is 16.5 Å². The van der Waals surface area contributed by atoms with Crippen molar-refractivity contribution in [3.8, 4) is 0 Å². The summed E-state index contributed by atoms with van der Waals surface area (Å²) in [5.74, 6) is -2.39. The zero-order valence-corrected chi connectivity index (χ0v) is 22.0. The third-order valence-corrected chi connectivity index (χ3v) is 7.35. The van der Waals surface area contributed by atoms with E-state index < -0.39 is 27.9 Å². The number of halogens is 6. The molecule has 1 aliphatic rings. The number of alkyl halides is 2. The summed E-state index contributed by atoms with van der Waals surface area (Å²) in [6, 6.07) is 15.5. The Hall–Kier alpha value is -1.64. The quantitative estimate of drug-likeness (QED) is 0.282. The lowest BCUT2D eigenvalue weighted by Crippen LogP contribution is -2.18. The number of carbonyl (C=O) groups excluding carboxylic acids is 2. The molecule has 4 rings (SSSR count). The number of benzene rings is 3. The normalized spacial score (nSPS) is 18.5. The van der Waals surface area contributed by atoms with Gasteiger partial charge in [0.2, 0.25) is 5.91 Å². The molecule has 2 N–H and O–H groups in total. The monoisotopic (exact) mass is 632 g/mol.